The van der Waals surface area contributed by atoms with Crippen LogP contribution in [0.3, 0.4) is 0 Å². The number of rotatable bonds is 8. The van der Waals surface area contributed by atoms with E-state index in [1.165, 1.54) is 5.56 Å². The van der Waals surface area contributed by atoms with Crippen LogP contribution < -0.4 is 10.6 Å². The Kier molecular flexibility index (Phi) is 7.20. The van der Waals surface area contributed by atoms with Gasteiger partial charge in [-0.05, 0) is 43.9 Å². The lowest BCUT2D eigenvalue weighted by Gasteiger charge is -2.21. The molecule has 0 atom stereocenters. The first-order valence-electron chi connectivity index (χ1n) is 8.88. The number of hydrogen-bond acceptors (Lipinski definition) is 3. The van der Waals surface area contributed by atoms with Crippen molar-refractivity contribution in [2.45, 2.75) is 40.2 Å². The summed E-state index contributed by atoms with van der Waals surface area (Å²) in [5.41, 5.74) is 3.86. The number of anilines is 1. The lowest BCUT2D eigenvalue weighted by atomic mass is 10.1. The molecule has 0 saturated carbocycles. The van der Waals surface area contributed by atoms with Gasteiger partial charge in [-0.2, -0.15) is 5.10 Å². The number of aromatic amines is 1. The van der Waals surface area contributed by atoms with Gasteiger partial charge in [-0.15, -0.1) is 0 Å². The van der Waals surface area contributed by atoms with Gasteiger partial charge in [0.25, 0.3) is 0 Å². The molecule has 26 heavy (non-hydrogen) atoms. The fraction of sp³-hybridized carbons (Fsp3) is 0.421. The molecule has 0 spiro atoms. The average molecular weight is 357 g/mol. The Labute approximate surface area is 154 Å². The van der Waals surface area contributed by atoms with Crippen molar-refractivity contribution in [3.63, 3.8) is 0 Å². The van der Waals surface area contributed by atoms with E-state index >= 15 is 0 Å². The molecular weight excluding hydrogens is 330 g/mol. The predicted molar refractivity (Wildman–Crippen MR) is 102 cm³/mol. The van der Waals surface area contributed by atoms with Crippen molar-refractivity contribution >= 4 is 17.6 Å². The van der Waals surface area contributed by atoms with Crippen LogP contribution >= 0.6 is 0 Å². The standard InChI is InChI=1S/C19H27N5O2/c1-4-24(15(3)25)13-17-8-5-6-10-18(17)22-19(26)20-11-7-9-16-12-21-23-14(16)2/h5-6,8,10,12H,4,7,9,11,13H2,1-3H3,(H,21,23)(H2,20,22,26). The summed E-state index contributed by atoms with van der Waals surface area (Å²) >= 11 is 0. The molecule has 0 aliphatic carbocycles. The minimum atomic E-state index is -0.243. The molecule has 3 N–H and O–H groups in total. The molecule has 3 amide bonds. The number of carbonyl (C=O) groups excluding carboxylic acids is 2. The van der Waals surface area contributed by atoms with Crippen molar-refractivity contribution < 1.29 is 9.59 Å². The van der Waals surface area contributed by atoms with Crippen LogP contribution in [-0.2, 0) is 17.8 Å². The van der Waals surface area contributed by atoms with E-state index in [9.17, 15) is 9.59 Å². The molecule has 0 aliphatic heterocycles. The number of para-hydroxylation sites is 1. The lowest BCUT2D eigenvalue weighted by molar-refractivity contribution is -0.129. The zero-order chi connectivity index (χ0) is 18.9. The minimum Gasteiger partial charge on any atom is -0.339 e. The maximum atomic E-state index is 12.2. The highest BCUT2D eigenvalue weighted by molar-refractivity contribution is 5.90. The molecule has 0 bridgehead atoms. The number of aromatic nitrogens is 2. The molecular formula is C19H27N5O2. The fourth-order valence-electron chi connectivity index (χ4n) is 2.71. The molecule has 140 valence electrons. The van der Waals surface area contributed by atoms with Gasteiger partial charge < -0.3 is 15.5 Å². The Morgan fingerprint density at radius 3 is 2.65 bits per heavy atom. The molecule has 0 aliphatic rings. The second-order valence-electron chi connectivity index (χ2n) is 6.20. The molecule has 1 heterocycles. The third kappa shape index (κ3) is 5.61. The van der Waals surface area contributed by atoms with E-state index in [2.05, 4.69) is 20.8 Å². The van der Waals surface area contributed by atoms with Gasteiger partial charge in [0, 0.05) is 37.9 Å². The van der Waals surface area contributed by atoms with Gasteiger partial charge in [0.05, 0.1) is 6.20 Å². The largest absolute Gasteiger partial charge is 0.339 e. The monoisotopic (exact) mass is 357 g/mol. The second kappa shape index (κ2) is 9.60. The van der Waals surface area contributed by atoms with Gasteiger partial charge in [-0.3, -0.25) is 9.89 Å². The van der Waals surface area contributed by atoms with Crippen LogP contribution in [-0.4, -0.2) is 40.1 Å². The van der Waals surface area contributed by atoms with E-state index in [4.69, 9.17) is 0 Å². The van der Waals surface area contributed by atoms with E-state index in [-0.39, 0.29) is 11.9 Å². The van der Waals surface area contributed by atoms with E-state index in [0.29, 0.717) is 19.6 Å². The summed E-state index contributed by atoms with van der Waals surface area (Å²) in [5.74, 6) is 0.0151. The van der Waals surface area contributed by atoms with E-state index < -0.39 is 0 Å². The highest BCUT2D eigenvalue weighted by atomic mass is 16.2. The van der Waals surface area contributed by atoms with Crippen LogP contribution in [0.25, 0.3) is 0 Å². The van der Waals surface area contributed by atoms with Crippen molar-refractivity contribution in [2.75, 3.05) is 18.4 Å². The topological polar surface area (TPSA) is 90.1 Å². The van der Waals surface area contributed by atoms with Crippen molar-refractivity contribution in [1.82, 2.24) is 20.4 Å². The Hall–Kier alpha value is -2.83. The second-order valence-corrected chi connectivity index (χ2v) is 6.20. The quantitative estimate of drug-likeness (QED) is 0.635. The van der Waals surface area contributed by atoms with Crippen LogP contribution in [0.1, 0.15) is 37.1 Å². The van der Waals surface area contributed by atoms with Crippen molar-refractivity contribution in [1.29, 1.82) is 0 Å². The summed E-state index contributed by atoms with van der Waals surface area (Å²) < 4.78 is 0. The number of nitrogens with one attached hydrogen (secondary N) is 3. The van der Waals surface area contributed by atoms with Gasteiger partial charge in [-0.1, -0.05) is 18.2 Å². The molecule has 0 radical (unpaired) electrons. The van der Waals surface area contributed by atoms with Gasteiger partial charge in [0.2, 0.25) is 5.91 Å². The normalized spacial score (nSPS) is 10.4. The van der Waals surface area contributed by atoms with Crippen molar-refractivity contribution in [2.24, 2.45) is 0 Å². The van der Waals surface area contributed by atoms with Gasteiger partial charge in [-0.25, -0.2) is 4.79 Å². The van der Waals surface area contributed by atoms with Crippen LogP contribution in [0.4, 0.5) is 10.5 Å². The molecule has 1 aromatic heterocycles. The number of urea groups is 1. The Morgan fingerprint density at radius 2 is 2.00 bits per heavy atom. The van der Waals surface area contributed by atoms with Crippen LogP contribution in [0.15, 0.2) is 30.5 Å². The molecule has 2 rings (SSSR count). The minimum absolute atomic E-state index is 0.0151. The number of aryl methyl sites for hydroxylation is 2. The number of carbonyl (C=O) groups is 2. The average Bonchev–Trinajstić information content (AvgIpc) is 3.02. The highest BCUT2D eigenvalue weighted by Crippen LogP contribution is 2.17. The first-order valence-corrected chi connectivity index (χ1v) is 8.88. The molecule has 7 heteroatoms. The Morgan fingerprint density at radius 1 is 1.23 bits per heavy atom. The highest BCUT2D eigenvalue weighted by Gasteiger charge is 2.11. The zero-order valence-corrected chi connectivity index (χ0v) is 15.6. The number of hydrogen-bond donors (Lipinski definition) is 3. The molecule has 0 unspecified atom stereocenters. The lowest BCUT2D eigenvalue weighted by Crippen LogP contribution is -2.31. The van der Waals surface area contributed by atoms with Crippen molar-refractivity contribution in [3.8, 4) is 0 Å². The molecule has 2 aromatic rings. The first-order chi connectivity index (χ1) is 12.5. The van der Waals surface area contributed by atoms with Crippen LogP contribution in [0.2, 0.25) is 0 Å². The van der Waals surface area contributed by atoms with Crippen LogP contribution in [0.5, 0.6) is 0 Å². The molecule has 0 fully saturated rings. The van der Waals surface area contributed by atoms with Gasteiger partial charge in [0.15, 0.2) is 0 Å². The Balaban J connectivity index is 1.84. The number of benzene rings is 1. The van der Waals surface area contributed by atoms with Gasteiger partial charge >= 0.3 is 6.03 Å². The summed E-state index contributed by atoms with van der Waals surface area (Å²) in [4.78, 5) is 25.5. The third-order valence-corrected chi connectivity index (χ3v) is 4.30. The third-order valence-electron chi connectivity index (χ3n) is 4.30. The fourth-order valence-corrected chi connectivity index (χ4v) is 2.71. The molecule has 0 saturated heterocycles. The smallest absolute Gasteiger partial charge is 0.319 e. The summed E-state index contributed by atoms with van der Waals surface area (Å²) in [6.45, 7) is 7.15. The maximum Gasteiger partial charge on any atom is 0.319 e. The summed E-state index contributed by atoms with van der Waals surface area (Å²) in [6.07, 6.45) is 3.52. The number of nitrogens with zero attached hydrogens (tertiary/aromatic N) is 2. The molecule has 7 nitrogen and oxygen atoms in total. The predicted octanol–water partition coefficient (Wildman–Crippen LogP) is 2.84. The number of H-pyrrole nitrogens is 1. The first kappa shape index (κ1) is 19.5. The maximum absolute atomic E-state index is 12.2. The SMILES string of the molecule is CCN(Cc1ccccc1NC(=O)NCCCc1cn[nH]c1C)C(C)=O. The van der Waals surface area contributed by atoms with Crippen molar-refractivity contribution in [3.05, 3.63) is 47.3 Å². The summed E-state index contributed by atoms with van der Waals surface area (Å²) in [6, 6.07) is 7.29. The van der Waals surface area contributed by atoms with E-state index in [1.54, 1.807) is 11.8 Å². The van der Waals surface area contributed by atoms with Crippen LogP contribution in [0, 0.1) is 6.92 Å². The molecule has 1 aromatic carbocycles. The van der Waals surface area contributed by atoms with E-state index in [1.807, 2.05) is 44.3 Å². The van der Waals surface area contributed by atoms with E-state index in [0.717, 1.165) is 29.8 Å². The number of amides is 3. The summed E-state index contributed by atoms with van der Waals surface area (Å²) in [7, 11) is 0. The Bertz CT molecular complexity index is 741. The van der Waals surface area contributed by atoms with Gasteiger partial charge in [0.1, 0.15) is 0 Å². The zero-order valence-electron chi connectivity index (χ0n) is 15.6. The summed E-state index contributed by atoms with van der Waals surface area (Å²) in [5, 5.41) is 12.6.